The standard InChI is InChI=1S/C19H18N4S/c1-13(17-14(2)23-24-19(17)20)21-22-18(15-9-5-3-6-10-15)16-11-7-4-8-12-16/h3-12H,20H2,1-2H3/b21-13-. The smallest absolute Gasteiger partial charge is 0.116 e. The van der Waals surface area contributed by atoms with Crippen molar-refractivity contribution >= 4 is 28.0 Å². The van der Waals surface area contributed by atoms with Gasteiger partial charge in [0.25, 0.3) is 0 Å². The van der Waals surface area contributed by atoms with E-state index >= 15 is 0 Å². The summed E-state index contributed by atoms with van der Waals surface area (Å²) in [7, 11) is 0. The first kappa shape index (κ1) is 16.1. The Morgan fingerprint density at radius 2 is 1.46 bits per heavy atom. The van der Waals surface area contributed by atoms with Crippen LogP contribution in [0.5, 0.6) is 0 Å². The van der Waals surface area contributed by atoms with Crippen LogP contribution in [0.3, 0.4) is 0 Å². The zero-order valence-corrected chi connectivity index (χ0v) is 14.4. The lowest BCUT2D eigenvalue weighted by atomic mass is 10.0. The van der Waals surface area contributed by atoms with Gasteiger partial charge in [-0.25, -0.2) is 0 Å². The predicted molar refractivity (Wildman–Crippen MR) is 102 cm³/mol. The van der Waals surface area contributed by atoms with E-state index in [4.69, 9.17) is 5.73 Å². The van der Waals surface area contributed by atoms with Crippen LogP contribution in [0, 0.1) is 6.92 Å². The Morgan fingerprint density at radius 3 is 1.92 bits per heavy atom. The topological polar surface area (TPSA) is 63.6 Å². The highest BCUT2D eigenvalue weighted by atomic mass is 32.1. The summed E-state index contributed by atoms with van der Waals surface area (Å²) in [6.45, 7) is 3.84. The molecule has 0 aliphatic heterocycles. The Labute approximate surface area is 145 Å². The second-order valence-corrected chi connectivity index (χ2v) is 6.18. The number of nitrogen functional groups attached to an aromatic ring is 1. The molecule has 0 unspecified atom stereocenters. The molecule has 1 heterocycles. The maximum absolute atomic E-state index is 6.00. The lowest BCUT2D eigenvalue weighted by molar-refractivity contribution is 1.21. The molecule has 0 bridgehead atoms. The van der Waals surface area contributed by atoms with Gasteiger partial charge in [-0.1, -0.05) is 60.7 Å². The summed E-state index contributed by atoms with van der Waals surface area (Å²) < 4.78 is 4.27. The molecule has 4 nitrogen and oxygen atoms in total. The average Bonchev–Trinajstić information content (AvgIpc) is 2.95. The fraction of sp³-hybridized carbons (Fsp3) is 0.105. The van der Waals surface area contributed by atoms with Crippen LogP contribution >= 0.6 is 11.5 Å². The Morgan fingerprint density at radius 1 is 0.917 bits per heavy atom. The summed E-state index contributed by atoms with van der Waals surface area (Å²) in [6.07, 6.45) is 0. The highest BCUT2D eigenvalue weighted by Crippen LogP contribution is 2.22. The third-order valence-corrected chi connectivity index (χ3v) is 4.41. The summed E-state index contributed by atoms with van der Waals surface area (Å²) in [5, 5.41) is 9.63. The maximum Gasteiger partial charge on any atom is 0.116 e. The van der Waals surface area contributed by atoms with Crippen LogP contribution in [0.25, 0.3) is 0 Å². The zero-order chi connectivity index (χ0) is 16.9. The quantitative estimate of drug-likeness (QED) is 0.571. The Bertz CT molecular complexity index is 819. The van der Waals surface area contributed by atoms with Crippen LogP contribution in [-0.2, 0) is 0 Å². The van der Waals surface area contributed by atoms with Crippen molar-refractivity contribution in [2.45, 2.75) is 13.8 Å². The molecule has 120 valence electrons. The van der Waals surface area contributed by atoms with Gasteiger partial charge in [0.2, 0.25) is 0 Å². The van der Waals surface area contributed by atoms with Crippen LogP contribution < -0.4 is 5.73 Å². The molecule has 5 heteroatoms. The molecule has 2 N–H and O–H groups in total. The lowest BCUT2D eigenvalue weighted by Gasteiger charge is -2.06. The summed E-state index contributed by atoms with van der Waals surface area (Å²) in [5.74, 6) is 0. The first-order valence-corrected chi connectivity index (χ1v) is 8.39. The van der Waals surface area contributed by atoms with Crippen LogP contribution in [0.4, 0.5) is 5.00 Å². The van der Waals surface area contributed by atoms with Gasteiger partial charge in [-0.2, -0.15) is 9.47 Å². The van der Waals surface area contributed by atoms with Gasteiger partial charge in [0.05, 0.1) is 17.0 Å². The monoisotopic (exact) mass is 334 g/mol. The van der Waals surface area contributed by atoms with Gasteiger partial charge < -0.3 is 5.73 Å². The van der Waals surface area contributed by atoms with Crippen molar-refractivity contribution in [1.82, 2.24) is 4.37 Å². The minimum atomic E-state index is 0.671. The van der Waals surface area contributed by atoms with Crippen LogP contribution in [0.1, 0.15) is 29.3 Å². The van der Waals surface area contributed by atoms with Gasteiger partial charge in [-0.05, 0) is 25.4 Å². The molecule has 0 radical (unpaired) electrons. The van der Waals surface area contributed by atoms with Gasteiger partial charge in [0, 0.05) is 11.1 Å². The minimum absolute atomic E-state index is 0.671. The third kappa shape index (κ3) is 3.41. The van der Waals surface area contributed by atoms with E-state index in [0.29, 0.717) is 5.00 Å². The van der Waals surface area contributed by atoms with Crippen molar-refractivity contribution < 1.29 is 0 Å². The van der Waals surface area contributed by atoms with Crippen molar-refractivity contribution in [3.63, 3.8) is 0 Å². The fourth-order valence-corrected chi connectivity index (χ4v) is 3.19. The molecule has 0 aliphatic rings. The van der Waals surface area contributed by atoms with Crippen molar-refractivity contribution in [2.75, 3.05) is 5.73 Å². The SMILES string of the molecule is C/C(=N/N=C(c1ccccc1)c1ccccc1)c1c(C)nsc1N. The first-order valence-electron chi connectivity index (χ1n) is 7.62. The number of aryl methyl sites for hydroxylation is 1. The molecule has 2 aromatic carbocycles. The van der Waals surface area contributed by atoms with Crippen LogP contribution in [-0.4, -0.2) is 15.8 Å². The number of nitrogens with zero attached hydrogens (tertiary/aromatic N) is 3. The second-order valence-electron chi connectivity index (χ2n) is 5.37. The highest BCUT2D eigenvalue weighted by Gasteiger charge is 2.11. The van der Waals surface area contributed by atoms with Gasteiger partial charge in [0.1, 0.15) is 10.7 Å². The van der Waals surface area contributed by atoms with Crippen molar-refractivity contribution in [3.05, 3.63) is 83.0 Å². The van der Waals surface area contributed by atoms with Crippen molar-refractivity contribution in [1.29, 1.82) is 0 Å². The molecule has 1 aromatic heterocycles. The molecule has 0 aliphatic carbocycles. The Kier molecular flexibility index (Phi) is 4.82. The number of benzene rings is 2. The Hall–Kier alpha value is -2.79. The minimum Gasteiger partial charge on any atom is -0.389 e. The molecule has 0 atom stereocenters. The normalized spacial score (nSPS) is 11.3. The zero-order valence-electron chi connectivity index (χ0n) is 13.6. The summed E-state index contributed by atoms with van der Waals surface area (Å²) in [5.41, 5.74) is 11.4. The van der Waals surface area contributed by atoms with Crippen molar-refractivity contribution in [2.24, 2.45) is 10.2 Å². The molecule has 0 saturated carbocycles. The van der Waals surface area contributed by atoms with Crippen LogP contribution in [0.2, 0.25) is 0 Å². The summed E-state index contributed by atoms with van der Waals surface area (Å²) in [6, 6.07) is 20.1. The Balaban J connectivity index is 2.06. The fourth-order valence-electron chi connectivity index (χ4n) is 2.48. The summed E-state index contributed by atoms with van der Waals surface area (Å²) in [4.78, 5) is 0. The van der Waals surface area contributed by atoms with E-state index in [0.717, 1.165) is 33.8 Å². The first-order chi connectivity index (χ1) is 11.7. The van der Waals surface area contributed by atoms with Gasteiger partial charge in [0.15, 0.2) is 0 Å². The highest BCUT2D eigenvalue weighted by molar-refractivity contribution is 7.10. The lowest BCUT2D eigenvalue weighted by Crippen LogP contribution is -2.04. The van der Waals surface area contributed by atoms with Gasteiger partial charge in [-0.3, -0.25) is 0 Å². The van der Waals surface area contributed by atoms with Gasteiger partial charge >= 0.3 is 0 Å². The van der Waals surface area contributed by atoms with E-state index in [2.05, 4.69) is 14.6 Å². The largest absolute Gasteiger partial charge is 0.389 e. The van der Waals surface area contributed by atoms with E-state index < -0.39 is 0 Å². The number of anilines is 1. The van der Waals surface area contributed by atoms with E-state index in [1.54, 1.807) is 0 Å². The molecular weight excluding hydrogens is 316 g/mol. The molecule has 0 saturated heterocycles. The molecule has 0 fully saturated rings. The third-order valence-electron chi connectivity index (χ3n) is 3.65. The maximum atomic E-state index is 6.00. The van der Waals surface area contributed by atoms with Gasteiger partial charge in [-0.15, -0.1) is 5.10 Å². The molecular formula is C19H18N4S. The molecule has 3 aromatic rings. The predicted octanol–water partition coefficient (Wildman–Crippen LogP) is 4.30. The summed E-state index contributed by atoms with van der Waals surface area (Å²) >= 11 is 1.28. The number of nitrogens with two attached hydrogens (primary N) is 1. The van der Waals surface area contributed by atoms with Crippen LogP contribution in [0.15, 0.2) is 70.9 Å². The second kappa shape index (κ2) is 7.19. The van der Waals surface area contributed by atoms with E-state index in [9.17, 15) is 0 Å². The molecule has 0 spiro atoms. The molecule has 24 heavy (non-hydrogen) atoms. The number of hydrogen-bond donors (Lipinski definition) is 1. The average molecular weight is 334 g/mol. The van der Waals surface area contributed by atoms with E-state index in [1.165, 1.54) is 11.5 Å². The van der Waals surface area contributed by atoms with Crippen molar-refractivity contribution in [3.8, 4) is 0 Å². The number of aromatic nitrogens is 1. The molecule has 3 rings (SSSR count). The molecule has 0 amide bonds. The number of hydrogen-bond acceptors (Lipinski definition) is 5. The van der Waals surface area contributed by atoms with E-state index in [1.807, 2.05) is 74.5 Å². The number of rotatable bonds is 4. The van der Waals surface area contributed by atoms with E-state index in [-0.39, 0.29) is 0 Å².